The van der Waals surface area contributed by atoms with Crippen LogP contribution in [0.4, 0.5) is 0 Å². The standard InChI is InChI=1S/C29H32N4/c1-14(2)29-20(8)27-13-26-19(7)18(6)25(32-26)12-24-17(5)16(4)23(31-24)10-21-9-15(3)22(30-21)11-28(29)33-27/h9-14,31,33H,1-8H3. The number of rotatable bonds is 1. The average molecular weight is 437 g/mol. The second kappa shape index (κ2) is 7.58. The van der Waals surface area contributed by atoms with Crippen LogP contribution in [0.3, 0.4) is 0 Å². The van der Waals surface area contributed by atoms with E-state index < -0.39 is 0 Å². The quantitative estimate of drug-likeness (QED) is 0.408. The van der Waals surface area contributed by atoms with Gasteiger partial charge < -0.3 is 9.97 Å². The predicted molar refractivity (Wildman–Crippen MR) is 141 cm³/mol. The molecule has 0 amide bonds. The van der Waals surface area contributed by atoms with E-state index >= 15 is 0 Å². The van der Waals surface area contributed by atoms with E-state index in [1.54, 1.807) is 0 Å². The summed E-state index contributed by atoms with van der Waals surface area (Å²) in [4.78, 5) is 17.3. The Kier molecular flexibility index (Phi) is 4.93. The minimum absolute atomic E-state index is 0.403. The Morgan fingerprint density at radius 1 is 0.606 bits per heavy atom. The molecule has 33 heavy (non-hydrogen) atoms. The summed E-state index contributed by atoms with van der Waals surface area (Å²) in [7, 11) is 0. The number of aromatic nitrogens is 4. The van der Waals surface area contributed by atoms with Crippen molar-refractivity contribution >= 4 is 44.9 Å². The van der Waals surface area contributed by atoms with Gasteiger partial charge in [-0.25, -0.2) is 9.97 Å². The van der Waals surface area contributed by atoms with Gasteiger partial charge in [-0.15, -0.1) is 0 Å². The van der Waals surface area contributed by atoms with Crippen LogP contribution in [0.5, 0.6) is 0 Å². The fourth-order valence-electron chi connectivity index (χ4n) is 4.98. The summed E-state index contributed by atoms with van der Waals surface area (Å²) in [5.74, 6) is 0.403. The molecule has 2 aliphatic rings. The first-order valence-electron chi connectivity index (χ1n) is 11.7. The molecule has 0 atom stereocenters. The Labute approximate surface area is 195 Å². The molecule has 0 spiro atoms. The lowest BCUT2D eigenvalue weighted by Crippen LogP contribution is -1.88. The zero-order valence-corrected chi connectivity index (χ0v) is 20.9. The number of hydrogen-bond donors (Lipinski definition) is 2. The monoisotopic (exact) mass is 436 g/mol. The number of aromatic amines is 2. The molecule has 0 fully saturated rings. The van der Waals surface area contributed by atoms with E-state index in [-0.39, 0.29) is 0 Å². The molecule has 0 saturated carbocycles. The first-order valence-corrected chi connectivity index (χ1v) is 11.7. The van der Waals surface area contributed by atoms with Gasteiger partial charge in [0.1, 0.15) is 0 Å². The van der Waals surface area contributed by atoms with Crippen LogP contribution < -0.4 is 0 Å². The molecule has 4 heteroatoms. The number of aryl methyl sites for hydroxylation is 3. The van der Waals surface area contributed by atoms with Crippen molar-refractivity contribution in [3.8, 4) is 0 Å². The summed E-state index contributed by atoms with van der Waals surface area (Å²) < 4.78 is 0. The van der Waals surface area contributed by atoms with E-state index in [1.165, 1.54) is 39.0 Å². The minimum Gasteiger partial charge on any atom is -0.355 e. The number of H-pyrrole nitrogens is 2. The zero-order valence-electron chi connectivity index (χ0n) is 20.9. The molecule has 3 aromatic rings. The second-order valence-corrected chi connectivity index (χ2v) is 9.81. The van der Waals surface area contributed by atoms with Gasteiger partial charge in [-0.3, -0.25) is 0 Å². The Morgan fingerprint density at radius 2 is 1.12 bits per heavy atom. The zero-order chi connectivity index (χ0) is 23.6. The fraction of sp³-hybridized carbons (Fsp3) is 0.310. The Bertz CT molecular complexity index is 1540. The molecule has 0 saturated heterocycles. The van der Waals surface area contributed by atoms with Crippen LogP contribution in [-0.2, 0) is 0 Å². The molecular weight excluding hydrogens is 404 g/mol. The smallest absolute Gasteiger partial charge is 0.0690 e. The van der Waals surface area contributed by atoms with Gasteiger partial charge in [-0.2, -0.15) is 0 Å². The maximum absolute atomic E-state index is 5.03. The summed E-state index contributed by atoms with van der Waals surface area (Å²) in [6, 6.07) is 8.74. The highest BCUT2D eigenvalue weighted by molar-refractivity contribution is 5.92. The Balaban J connectivity index is 1.98. The average Bonchev–Trinajstić information content (AvgIpc) is 3.41. The number of allylic oxidation sites excluding steroid dienone is 3. The number of hydrogen-bond acceptors (Lipinski definition) is 2. The second-order valence-electron chi connectivity index (χ2n) is 9.81. The van der Waals surface area contributed by atoms with Gasteiger partial charge in [0.2, 0.25) is 0 Å². The third kappa shape index (κ3) is 3.45. The third-order valence-corrected chi connectivity index (χ3v) is 7.31. The highest BCUT2D eigenvalue weighted by Gasteiger charge is 2.17. The van der Waals surface area contributed by atoms with Crippen molar-refractivity contribution < 1.29 is 0 Å². The van der Waals surface area contributed by atoms with Crippen LogP contribution >= 0.6 is 0 Å². The van der Waals surface area contributed by atoms with Crippen molar-refractivity contribution in [1.29, 1.82) is 0 Å². The van der Waals surface area contributed by atoms with Gasteiger partial charge in [-0.1, -0.05) is 13.8 Å². The van der Waals surface area contributed by atoms with Crippen molar-refractivity contribution in [3.63, 3.8) is 0 Å². The van der Waals surface area contributed by atoms with Crippen molar-refractivity contribution in [2.75, 3.05) is 0 Å². The topological polar surface area (TPSA) is 57.4 Å². The van der Waals surface area contributed by atoms with Gasteiger partial charge in [0.25, 0.3) is 0 Å². The van der Waals surface area contributed by atoms with Gasteiger partial charge in [0.05, 0.1) is 22.8 Å². The summed E-state index contributed by atoms with van der Waals surface area (Å²) in [6.07, 6.45) is 2.17. The third-order valence-electron chi connectivity index (χ3n) is 7.31. The molecule has 0 unspecified atom stereocenters. The van der Waals surface area contributed by atoms with Crippen LogP contribution in [-0.4, -0.2) is 19.9 Å². The van der Waals surface area contributed by atoms with Crippen LogP contribution in [0.15, 0.2) is 24.3 Å². The van der Waals surface area contributed by atoms with Gasteiger partial charge >= 0.3 is 0 Å². The Hall–Kier alpha value is -3.40. The summed E-state index contributed by atoms with van der Waals surface area (Å²) in [5, 5.41) is 0. The van der Waals surface area contributed by atoms with E-state index in [9.17, 15) is 0 Å². The molecule has 2 N–H and O–H groups in total. The lowest BCUT2D eigenvalue weighted by atomic mass is 9.99. The molecule has 5 rings (SSSR count). The van der Waals surface area contributed by atoms with E-state index in [0.717, 1.165) is 44.8 Å². The number of nitrogens with one attached hydrogen (secondary N) is 2. The highest BCUT2D eigenvalue weighted by Crippen LogP contribution is 2.33. The molecule has 0 aliphatic carbocycles. The normalized spacial score (nSPS) is 13.8. The van der Waals surface area contributed by atoms with Gasteiger partial charge in [0.15, 0.2) is 0 Å². The van der Waals surface area contributed by atoms with E-state index in [1.807, 2.05) is 0 Å². The van der Waals surface area contributed by atoms with Crippen LogP contribution in [0.2, 0.25) is 0 Å². The lowest BCUT2D eigenvalue weighted by Gasteiger charge is -2.04. The fourth-order valence-corrected chi connectivity index (χ4v) is 4.98. The molecule has 8 bridgehead atoms. The molecule has 2 aliphatic heterocycles. The first kappa shape index (κ1) is 21.4. The number of fused-ring (bicyclic) bond motifs is 8. The lowest BCUT2D eigenvalue weighted by molar-refractivity contribution is 0.870. The first-order chi connectivity index (χ1) is 15.6. The summed E-state index contributed by atoms with van der Waals surface area (Å²) in [5.41, 5.74) is 17.2. The molecule has 0 radical (unpaired) electrons. The van der Waals surface area contributed by atoms with Gasteiger partial charge in [0, 0.05) is 22.1 Å². The van der Waals surface area contributed by atoms with Crippen LogP contribution in [0, 0.1) is 20.8 Å². The Morgan fingerprint density at radius 3 is 1.73 bits per heavy atom. The van der Waals surface area contributed by atoms with Crippen molar-refractivity contribution in [2.24, 2.45) is 0 Å². The molecule has 0 aromatic carbocycles. The maximum atomic E-state index is 5.03. The molecule has 168 valence electrons. The van der Waals surface area contributed by atoms with Crippen molar-refractivity contribution in [1.82, 2.24) is 19.9 Å². The highest BCUT2D eigenvalue weighted by atomic mass is 14.8. The van der Waals surface area contributed by atoms with Gasteiger partial charge in [-0.05, 0) is 117 Å². The van der Waals surface area contributed by atoms with Crippen molar-refractivity contribution in [3.05, 3.63) is 69.3 Å². The SMILES string of the molecule is CC1=Cc2cc3[nH]c(cc4nc(cc5[nH]c(cc1n2)c(C(C)C)c5C)C(C)=C4C)c(C)c3C. The van der Waals surface area contributed by atoms with Crippen LogP contribution in [0.1, 0.15) is 85.6 Å². The molecular formula is C29H32N4. The molecule has 5 heterocycles. The van der Waals surface area contributed by atoms with E-state index in [4.69, 9.17) is 9.97 Å². The minimum atomic E-state index is 0.403. The summed E-state index contributed by atoms with van der Waals surface area (Å²) in [6.45, 7) is 17.5. The number of nitrogens with zero attached hydrogens (tertiary/aromatic N) is 2. The van der Waals surface area contributed by atoms with E-state index in [2.05, 4.69) is 95.7 Å². The largest absolute Gasteiger partial charge is 0.355 e. The molecule has 3 aromatic heterocycles. The van der Waals surface area contributed by atoms with Crippen molar-refractivity contribution in [2.45, 2.75) is 61.3 Å². The van der Waals surface area contributed by atoms with Crippen LogP contribution in [0.25, 0.3) is 44.9 Å². The van der Waals surface area contributed by atoms with E-state index in [0.29, 0.717) is 5.92 Å². The predicted octanol–water partition coefficient (Wildman–Crippen LogP) is 7.87. The molecule has 4 nitrogen and oxygen atoms in total. The summed E-state index contributed by atoms with van der Waals surface area (Å²) >= 11 is 0. The maximum Gasteiger partial charge on any atom is 0.0690 e.